The van der Waals surface area contributed by atoms with Crippen LogP contribution in [0.3, 0.4) is 0 Å². The molecular formula is C11H13NO. The highest BCUT2D eigenvalue weighted by Gasteiger charge is 2.23. The summed E-state index contributed by atoms with van der Waals surface area (Å²) in [6, 6.07) is 10.3. The molecule has 0 bridgehead atoms. The van der Waals surface area contributed by atoms with Crippen LogP contribution >= 0.6 is 0 Å². The van der Waals surface area contributed by atoms with E-state index in [2.05, 4.69) is 11.9 Å². The fraction of sp³-hybridized carbons (Fsp3) is 0.364. The molecule has 0 spiro atoms. The van der Waals surface area contributed by atoms with Gasteiger partial charge in [0.1, 0.15) is 6.10 Å². The summed E-state index contributed by atoms with van der Waals surface area (Å²) in [6.07, 6.45) is 0.204. The van der Waals surface area contributed by atoms with Crippen molar-refractivity contribution in [3.63, 3.8) is 0 Å². The summed E-state index contributed by atoms with van der Waals surface area (Å²) >= 11 is 0. The van der Waals surface area contributed by atoms with Crippen LogP contribution in [0, 0.1) is 0 Å². The Morgan fingerprint density at radius 3 is 2.38 bits per heavy atom. The van der Waals surface area contributed by atoms with Gasteiger partial charge in [0, 0.05) is 5.56 Å². The first-order valence-corrected chi connectivity index (χ1v) is 4.57. The third kappa shape index (κ3) is 1.57. The van der Waals surface area contributed by atoms with Crippen molar-refractivity contribution in [2.24, 2.45) is 4.99 Å². The zero-order valence-corrected chi connectivity index (χ0v) is 7.90. The highest BCUT2D eigenvalue weighted by atomic mass is 16.5. The summed E-state index contributed by atoms with van der Waals surface area (Å²) in [4.78, 5) is 4.43. The molecule has 1 unspecified atom stereocenters. The lowest BCUT2D eigenvalue weighted by atomic mass is 10.2. The third-order valence-electron chi connectivity index (χ3n) is 2.32. The second-order valence-corrected chi connectivity index (χ2v) is 3.36. The van der Waals surface area contributed by atoms with Crippen molar-refractivity contribution in [3.05, 3.63) is 35.9 Å². The minimum Gasteiger partial charge on any atom is -0.472 e. The van der Waals surface area contributed by atoms with Crippen LogP contribution < -0.4 is 0 Å². The topological polar surface area (TPSA) is 21.6 Å². The molecule has 1 aromatic rings. The smallest absolute Gasteiger partial charge is 0.216 e. The van der Waals surface area contributed by atoms with E-state index in [1.165, 1.54) is 0 Å². The van der Waals surface area contributed by atoms with Crippen molar-refractivity contribution < 1.29 is 4.74 Å². The predicted octanol–water partition coefficient (Wildman–Crippen LogP) is 2.24. The summed E-state index contributed by atoms with van der Waals surface area (Å²) < 4.78 is 5.61. The molecule has 0 amide bonds. The molecule has 0 fully saturated rings. The van der Waals surface area contributed by atoms with Gasteiger partial charge in [0.25, 0.3) is 0 Å². The van der Waals surface area contributed by atoms with Gasteiger partial charge in [-0.25, -0.2) is 4.99 Å². The highest BCUT2D eigenvalue weighted by molar-refractivity contribution is 5.95. The minimum absolute atomic E-state index is 0.204. The molecule has 68 valence electrons. The van der Waals surface area contributed by atoms with Crippen LogP contribution in [0.1, 0.15) is 19.4 Å². The van der Waals surface area contributed by atoms with Crippen molar-refractivity contribution >= 4 is 5.90 Å². The second kappa shape index (κ2) is 3.21. The van der Waals surface area contributed by atoms with Crippen LogP contribution in [0.2, 0.25) is 0 Å². The molecule has 0 saturated carbocycles. The van der Waals surface area contributed by atoms with Crippen LogP contribution in [-0.2, 0) is 4.74 Å². The average Bonchev–Trinajstić information content (AvgIpc) is 2.49. The number of hydrogen-bond acceptors (Lipinski definition) is 2. The van der Waals surface area contributed by atoms with E-state index in [0.29, 0.717) is 0 Å². The molecule has 2 heteroatoms. The van der Waals surface area contributed by atoms with E-state index < -0.39 is 0 Å². The van der Waals surface area contributed by atoms with Gasteiger partial charge in [-0.3, -0.25) is 0 Å². The Kier molecular flexibility index (Phi) is 2.05. The van der Waals surface area contributed by atoms with E-state index in [0.717, 1.165) is 11.5 Å². The number of hydrogen-bond donors (Lipinski definition) is 0. The third-order valence-corrected chi connectivity index (χ3v) is 2.32. The summed E-state index contributed by atoms with van der Waals surface area (Å²) in [6.45, 7) is 4.12. The first-order chi connectivity index (χ1) is 6.27. The fourth-order valence-corrected chi connectivity index (χ4v) is 1.32. The molecule has 1 aliphatic heterocycles. The van der Waals surface area contributed by atoms with Crippen LogP contribution in [0.25, 0.3) is 0 Å². The molecule has 0 aromatic heterocycles. The van der Waals surface area contributed by atoms with Gasteiger partial charge >= 0.3 is 0 Å². The lowest BCUT2D eigenvalue weighted by molar-refractivity contribution is 0.219. The molecule has 1 aromatic carbocycles. The van der Waals surface area contributed by atoms with Gasteiger partial charge in [-0.05, 0) is 26.0 Å². The standard InChI is InChI=1S/C11H13NO/c1-8-9(2)13-11(12-8)10-6-4-3-5-7-10/h3-9H,1-2H3/t8?,9-/m0/s1. The Morgan fingerprint density at radius 1 is 1.15 bits per heavy atom. The number of ether oxygens (including phenoxy) is 1. The van der Waals surface area contributed by atoms with Gasteiger partial charge in [-0.1, -0.05) is 18.2 Å². The van der Waals surface area contributed by atoms with Gasteiger partial charge in [-0.15, -0.1) is 0 Å². The fourth-order valence-electron chi connectivity index (χ4n) is 1.32. The van der Waals surface area contributed by atoms with Crippen molar-refractivity contribution in [3.8, 4) is 0 Å². The molecule has 0 saturated heterocycles. The normalized spacial score (nSPS) is 26.8. The summed E-state index contributed by atoms with van der Waals surface area (Å²) in [7, 11) is 0. The first-order valence-electron chi connectivity index (χ1n) is 4.57. The second-order valence-electron chi connectivity index (χ2n) is 3.36. The minimum atomic E-state index is 0.204. The van der Waals surface area contributed by atoms with Crippen molar-refractivity contribution in [1.82, 2.24) is 0 Å². The lowest BCUT2D eigenvalue weighted by Gasteiger charge is -2.07. The van der Waals surface area contributed by atoms with Gasteiger partial charge in [0.15, 0.2) is 0 Å². The SMILES string of the molecule is CC1N=C(c2ccccc2)O[C@H]1C. The Morgan fingerprint density at radius 2 is 1.85 bits per heavy atom. The average molecular weight is 175 g/mol. The molecule has 2 rings (SSSR count). The van der Waals surface area contributed by atoms with Gasteiger partial charge in [0.2, 0.25) is 5.90 Å². The maximum absolute atomic E-state index is 5.61. The molecule has 2 atom stereocenters. The van der Waals surface area contributed by atoms with E-state index >= 15 is 0 Å². The molecule has 1 heterocycles. The summed E-state index contributed by atoms with van der Waals surface area (Å²) in [5.41, 5.74) is 1.07. The van der Waals surface area contributed by atoms with Gasteiger partial charge < -0.3 is 4.74 Å². The summed E-state index contributed by atoms with van der Waals surface area (Å²) in [5.74, 6) is 0.778. The molecular weight excluding hydrogens is 162 g/mol. The molecule has 1 aliphatic rings. The first kappa shape index (κ1) is 8.30. The van der Waals surface area contributed by atoms with Crippen molar-refractivity contribution in [1.29, 1.82) is 0 Å². The van der Waals surface area contributed by atoms with Crippen LogP contribution in [0.4, 0.5) is 0 Å². The molecule has 2 nitrogen and oxygen atoms in total. The number of benzene rings is 1. The Hall–Kier alpha value is -1.31. The zero-order chi connectivity index (χ0) is 9.26. The van der Waals surface area contributed by atoms with Gasteiger partial charge in [-0.2, -0.15) is 0 Å². The number of rotatable bonds is 1. The molecule has 0 aliphatic carbocycles. The van der Waals surface area contributed by atoms with Crippen LogP contribution in [-0.4, -0.2) is 18.0 Å². The lowest BCUT2D eigenvalue weighted by Crippen LogP contribution is -2.14. The largest absolute Gasteiger partial charge is 0.472 e. The van der Waals surface area contributed by atoms with Crippen molar-refractivity contribution in [2.75, 3.05) is 0 Å². The van der Waals surface area contributed by atoms with E-state index in [1.807, 2.05) is 37.3 Å². The number of nitrogens with zero attached hydrogens (tertiary/aromatic N) is 1. The Labute approximate surface area is 78.3 Å². The van der Waals surface area contributed by atoms with E-state index in [-0.39, 0.29) is 12.1 Å². The quantitative estimate of drug-likeness (QED) is 0.641. The number of aliphatic imine (C=N–C) groups is 1. The van der Waals surface area contributed by atoms with Crippen molar-refractivity contribution in [2.45, 2.75) is 26.0 Å². The van der Waals surface area contributed by atoms with Crippen LogP contribution in [0.5, 0.6) is 0 Å². The molecule has 13 heavy (non-hydrogen) atoms. The molecule has 0 N–H and O–H groups in total. The van der Waals surface area contributed by atoms with Gasteiger partial charge in [0.05, 0.1) is 6.04 Å². The van der Waals surface area contributed by atoms with E-state index in [1.54, 1.807) is 0 Å². The maximum Gasteiger partial charge on any atom is 0.216 e. The monoisotopic (exact) mass is 175 g/mol. The maximum atomic E-state index is 5.61. The Bertz CT molecular complexity index is 318. The predicted molar refractivity (Wildman–Crippen MR) is 53.0 cm³/mol. The van der Waals surface area contributed by atoms with Crippen LogP contribution in [0.15, 0.2) is 35.3 Å². The summed E-state index contributed by atoms with van der Waals surface area (Å²) in [5, 5.41) is 0. The highest BCUT2D eigenvalue weighted by Crippen LogP contribution is 2.16. The van der Waals surface area contributed by atoms with E-state index in [4.69, 9.17) is 4.74 Å². The zero-order valence-electron chi connectivity index (χ0n) is 7.90. The molecule has 0 radical (unpaired) electrons. The Balaban J connectivity index is 2.25. The van der Waals surface area contributed by atoms with E-state index in [9.17, 15) is 0 Å².